The molecule has 32 heavy (non-hydrogen) atoms. The third-order valence-corrected chi connectivity index (χ3v) is 6.43. The van der Waals surface area contributed by atoms with Gasteiger partial charge in [-0.2, -0.15) is 5.26 Å². The van der Waals surface area contributed by atoms with E-state index in [-0.39, 0.29) is 12.6 Å². The first-order valence-electron chi connectivity index (χ1n) is 10.6. The number of carbonyl (C=O) groups is 1. The van der Waals surface area contributed by atoms with E-state index in [9.17, 15) is 10.1 Å². The summed E-state index contributed by atoms with van der Waals surface area (Å²) in [5.41, 5.74) is 4.90. The van der Waals surface area contributed by atoms with Gasteiger partial charge in [-0.05, 0) is 61.9 Å². The van der Waals surface area contributed by atoms with Crippen LogP contribution in [0.2, 0.25) is 0 Å². The van der Waals surface area contributed by atoms with Gasteiger partial charge in [-0.15, -0.1) is 10.2 Å². The summed E-state index contributed by atoms with van der Waals surface area (Å²) in [6, 6.07) is 13.9. The van der Waals surface area contributed by atoms with Gasteiger partial charge < -0.3 is 15.2 Å². The summed E-state index contributed by atoms with van der Waals surface area (Å²) in [6.07, 6.45) is 1.90. The second-order valence-corrected chi connectivity index (χ2v) is 9.01. The van der Waals surface area contributed by atoms with Gasteiger partial charge in [0, 0.05) is 17.7 Å². The summed E-state index contributed by atoms with van der Waals surface area (Å²) in [5, 5.41) is 31.8. The normalized spacial score (nSPS) is 14.9. The molecule has 2 aromatic carbocycles. The molecule has 4 rings (SSSR count). The van der Waals surface area contributed by atoms with E-state index in [1.165, 1.54) is 22.5 Å². The quantitative estimate of drug-likeness (QED) is 0.531. The minimum absolute atomic E-state index is 0.00980. The fourth-order valence-electron chi connectivity index (χ4n) is 4.06. The number of rotatable bonds is 8. The molecule has 3 aromatic rings. The van der Waals surface area contributed by atoms with Crippen LogP contribution in [0.3, 0.4) is 0 Å². The Morgan fingerprint density at radius 1 is 1.31 bits per heavy atom. The maximum absolute atomic E-state index is 10.8. The van der Waals surface area contributed by atoms with E-state index in [0.717, 1.165) is 34.0 Å². The van der Waals surface area contributed by atoms with E-state index in [4.69, 9.17) is 9.84 Å². The molecule has 0 amide bonds. The molecular formula is C24H24N4O3S. The number of aromatic nitrogens is 2. The number of nitriles is 1. The van der Waals surface area contributed by atoms with Crippen molar-refractivity contribution in [2.45, 2.75) is 38.7 Å². The number of hydrogen-bond donors (Lipinski definition) is 2. The smallest absolute Gasteiger partial charge is 0.317 e. The van der Waals surface area contributed by atoms with Crippen LogP contribution in [0.5, 0.6) is 5.75 Å². The number of aliphatic carboxylic acids is 1. The Balaban J connectivity index is 1.58. The summed E-state index contributed by atoms with van der Waals surface area (Å²) in [6.45, 7) is 4.47. The van der Waals surface area contributed by atoms with Gasteiger partial charge >= 0.3 is 5.97 Å². The highest BCUT2D eigenvalue weighted by atomic mass is 32.1. The second-order valence-electron chi connectivity index (χ2n) is 8.04. The number of ether oxygens (including phenoxy) is 1. The maximum Gasteiger partial charge on any atom is 0.317 e. The summed E-state index contributed by atoms with van der Waals surface area (Å²) < 4.78 is 5.71. The van der Waals surface area contributed by atoms with Crippen LogP contribution in [0.4, 0.5) is 0 Å². The number of carboxylic acids is 1. The van der Waals surface area contributed by atoms with Gasteiger partial charge in [0.2, 0.25) is 0 Å². The number of nitrogens with one attached hydrogen (secondary N) is 1. The molecular weight excluding hydrogens is 424 g/mol. The van der Waals surface area contributed by atoms with Gasteiger partial charge in [-0.1, -0.05) is 29.5 Å². The van der Waals surface area contributed by atoms with Crippen molar-refractivity contribution in [2.75, 3.05) is 13.1 Å². The summed E-state index contributed by atoms with van der Waals surface area (Å²) in [4.78, 5) is 10.8. The van der Waals surface area contributed by atoms with E-state index in [1.807, 2.05) is 32.0 Å². The van der Waals surface area contributed by atoms with Crippen molar-refractivity contribution in [2.24, 2.45) is 0 Å². The van der Waals surface area contributed by atoms with Gasteiger partial charge in [0.15, 0.2) is 0 Å². The first-order chi connectivity index (χ1) is 15.5. The lowest BCUT2D eigenvalue weighted by atomic mass is 9.98. The predicted octanol–water partition coefficient (Wildman–Crippen LogP) is 4.23. The molecule has 0 fully saturated rings. The highest BCUT2D eigenvalue weighted by Gasteiger charge is 2.26. The van der Waals surface area contributed by atoms with Crippen LogP contribution in [0.15, 0.2) is 36.4 Å². The van der Waals surface area contributed by atoms with Crippen molar-refractivity contribution in [3.63, 3.8) is 0 Å². The average Bonchev–Trinajstić information content (AvgIpc) is 3.41. The van der Waals surface area contributed by atoms with Crippen molar-refractivity contribution in [1.82, 2.24) is 15.5 Å². The van der Waals surface area contributed by atoms with E-state index in [1.54, 1.807) is 6.07 Å². The largest absolute Gasteiger partial charge is 0.490 e. The Labute approximate surface area is 190 Å². The Morgan fingerprint density at radius 2 is 2.12 bits per heavy atom. The van der Waals surface area contributed by atoms with Gasteiger partial charge in [-0.3, -0.25) is 4.79 Å². The topological polar surface area (TPSA) is 108 Å². The van der Waals surface area contributed by atoms with Gasteiger partial charge in [0.05, 0.1) is 18.2 Å². The first-order valence-corrected chi connectivity index (χ1v) is 11.4. The van der Waals surface area contributed by atoms with E-state index >= 15 is 0 Å². The lowest BCUT2D eigenvalue weighted by Gasteiger charge is -2.12. The SMILES string of the molecule is CC(C)Oc1ccc(-c2nnc(-c3cccc4c3CC[C@@H]4CNCC(=O)O)s2)cc1C#N. The second kappa shape index (κ2) is 9.47. The molecule has 0 spiro atoms. The summed E-state index contributed by atoms with van der Waals surface area (Å²) in [5.74, 6) is 0.0181. The molecule has 1 aliphatic carbocycles. The molecule has 8 heteroatoms. The zero-order valence-corrected chi connectivity index (χ0v) is 18.8. The molecule has 0 bridgehead atoms. The van der Waals surface area contributed by atoms with Crippen molar-refractivity contribution >= 4 is 17.3 Å². The molecule has 0 aliphatic heterocycles. The van der Waals surface area contributed by atoms with Crippen molar-refractivity contribution < 1.29 is 14.6 Å². The van der Waals surface area contributed by atoms with Crippen LogP contribution in [-0.2, 0) is 11.2 Å². The fraction of sp³-hybridized carbons (Fsp3) is 0.333. The van der Waals surface area contributed by atoms with Crippen molar-refractivity contribution in [1.29, 1.82) is 5.26 Å². The maximum atomic E-state index is 10.8. The lowest BCUT2D eigenvalue weighted by molar-refractivity contribution is -0.135. The number of carboxylic acid groups (broad SMARTS) is 1. The van der Waals surface area contributed by atoms with Crippen LogP contribution < -0.4 is 10.1 Å². The van der Waals surface area contributed by atoms with Crippen LogP contribution in [-0.4, -0.2) is 40.5 Å². The Kier molecular flexibility index (Phi) is 6.49. The molecule has 0 saturated heterocycles. The molecule has 0 unspecified atom stereocenters. The van der Waals surface area contributed by atoms with E-state index in [0.29, 0.717) is 23.8 Å². The zero-order valence-electron chi connectivity index (χ0n) is 18.0. The molecule has 7 nitrogen and oxygen atoms in total. The minimum atomic E-state index is -0.846. The van der Waals surface area contributed by atoms with Gasteiger partial charge in [-0.25, -0.2) is 0 Å². The average molecular weight is 449 g/mol. The van der Waals surface area contributed by atoms with Crippen molar-refractivity contribution in [3.05, 3.63) is 53.1 Å². The molecule has 1 aliphatic rings. The monoisotopic (exact) mass is 448 g/mol. The molecule has 0 saturated carbocycles. The Bertz CT molecular complexity index is 1180. The Hall–Kier alpha value is -3.28. The van der Waals surface area contributed by atoms with Crippen LogP contribution in [0.25, 0.3) is 21.1 Å². The zero-order chi connectivity index (χ0) is 22.7. The van der Waals surface area contributed by atoms with E-state index in [2.05, 4.69) is 33.7 Å². The third kappa shape index (κ3) is 4.64. The third-order valence-electron chi connectivity index (χ3n) is 5.43. The summed E-state index contributed by atoms with van der Waals surface area (Å²) in [7, 11) is 0. The van der Waals surface area contributed by atoms with Crippen LogP contribution in [0.1, 0.15) is 42.9 Å². The number of nitrogens with zero attached hydrogens (tertiary/aromatic N) is 3. The number of benzene rings is 2. The number of fused-ring (bicyclic) bond motifs is 1. The van der Waals surface area contributed by atoms with Gasteiger partial charge in [0.25, 0.3) is 0 Å². The standard InChI is InChI=1S/C24H24N4O3S/c1-14(2)31-21-9-7-15(10-17(21)11-25)23-27-28-24(32-23)20-5-3-4-18-16(6-8-19(18)20)12-26-13-22(29)30/h3-5,7,9-10,14,16,26H,6,8,12-13H2,1-2H3,(H,29,30)/t16-/m1/s1. The molecule has 2 N–H and O–H groups in total. The first kappa shape index (κ1) is 21.9. The molecule has 164 valence electrons. The van der Waals surface area contributed by atoms with Crippen molar-refractivity contribution in [3.8, 4) is 33.0 Å². The number of hydrogen-bond acceptors (Lipinski definition) is 7. The molecule has 1 aromatic heterocycles. The summed E-state index contributed by atoms with van der Waals surface area (Å²) >= 11 is 1.50. The fourth-order valence-corrected chi connectivity index (χ4v) is 4.95. The molecule has 1 heterocycles. The highest BCUT2D eigenvalue weighted by molar-refractivity contribution is 7.17. The predicted molar refractivity (Wildman–Crippen MR) is 123 cm³/mol. The Morgan fingerprint density at radius 3 is 2.88 bits per heavy atom. The highest BCUT2D eigenvalue weighted by Crippen LogP contribution is 2.40. The van der Waals surface area contributed by atoms with Crippen LogP contribution >= 0.6 is 11.3 Å². The van der Waals surface area contributed by atoms with Gasteiger partial charge in [0.1, 0.15) is 21.8 Å². The minimum Gasteiger partial charge on any atom is -0.490 e. The van der Waals surface area contributed by atoms with Crippen LogP contribution in [0, 0.1) is 11.3 Å². The van der Waals surface area contributed by atoms with E-state index < -0.39 is 5.97 Å². The molecule has 1 atom stereocenters. The molecule has 0 radical (unpaired) electrons. The lowest BCUT2D eigenvalue weighted by Crippen LogP contribution is -2.26.